The molecule has 2 N–H and O–H groups in total. The number of nitrogens with zero attached hydrogens (tertiary/aromatic N) is 3. The molecule has 24 heavy (non-hydrogen) atoms. The van der Waals surface area contributed by atoms with Crippen molar-refractivity contribution in [1.29, 1.82) is 0 Å². The number of urea groups is 1. The highest BCUT2D eigenvalue weighted by Gasteiger charge is 2.35. The molecule has 0 bridgehead atoms. The molecule has 6 nitrogen and oxygen atoms in total. The number of hydrogen-bond acceptors (Lipinski definition) is 4. The predicted octanol–water partition coefficient (Wildman–Crippen LogP) is 3.73. The number of rotatable bonds is 5. The molecule has 0 spiro atoms. The van der Waals surface area contributed by atoms with Crippen molar-refractivity contribution in [1.82, 2.24) is 20.1 Å². The Bertz CT molecular complexity index is 744. The number of carbonyl (C=O) groups is 1. The highest BCUT2D eigenvalue weighted by molar-refractivity contribution is 7.11. The Morgan fingerprint density at radius 3 is 2.75 bits per heavy atom. The second-order valence-electron chi connectivity index (χ2n) is 6.93. The molecule has 2 fully saturated rings. The van der Waals surface area contributed by atoms with E-state index in [0.29, 0.717) is 11.8 Å². The van der Waals surface area contributed by atoms with Gasteiger partial charge in [-0.3, -0.25) is 10.00 Å². The summed E-state index contributed by atoms with van der Waals surface area (Å²) in [7, 11) is 1.88. The van der Waals surface area contributed by atoms with E-state index in [1.54, 1.807) is 16.0 Å². The van der Waals surface area contributed by atoms with E-state index >= 15 is 0 Å². The zero-order valence-electron chi connectivity index (χ0n) is 14.1. The van der Waals surface area contributed by atoms with Gasteiger partial charge in [-0.15, -0.1) is 11.3 Å². The lowest BCUT2D eigenvalue weighted by Crippen LogP contribution is -2.34. The zero-order valence-corrected chi connectivity index (χ0v) is 14.9. The van der Waals surface area contributed by atoms with E-state index in [4.69, 9.17) is 0 Å². The average molecular weight is 345 g/mol. The summed E-state index contributed by atoms with van der Waals surface area (Å²) < 4.78 is 1.76. The lowest BCUT2D eigenvalue weighted by molar-refractivity contribution is 0.247. The van der Waals surface area contributed by atoms with Gasteiger partial charge >= 0.3 is 6.03 Å². The first-order valence-electron chi connectivity index (χ1n) is 8.64. The van der Waals surface area contributed by atoms with Crippen LogP contribution in [0, 0.1) is 12.8 Å². The van der Waals surface area contributed by atoms with E-state index < -0.39 is 0 Å². The molecule has 7 heteroatoms. The number of hydrogen-bond donors (Lipinski definition) is 2. The predicted molar refractivity (Wildman–Crippen MR) is 94.3 cm³/mol. The molecule has 0 aromatic carbocycles. The number of nitrogens with one attached hydrogen (secondary N) is 2. The van der Waals surface area contributed by atoms with E-state index in [-0.39, 0.29) is 12.1 Å². The Balaban J connectivity index is 1.43. The Morgan fingerprint density at radius 1 is 1.38 bits per heavy atom. The van der Waals surface area contributed by atoms with Crippen molar-refractivity contribution in [3.05, 3.63) is 27.8 Å². The number of thiazole rings is 1. The second-order valence-corrected chi connectivity index (χ2v) is 8.19. The van der Waals surface area contributed by atoms with Gasteiger partial charge in [0, 0.05) is 30.1 Å². The number of amides is 2. The quantitative estimate of drug-likeness (QED) is 0.867. The molecule has 2 amide bonds. The van der Waals surface area contributed by atoms with Gasteiger partial charge in [0.25, 0.3) is 0 Å². The fourth-order valence-corrected chi connectivity index (χ4v) is 4.05. The monoisotopic (exact) mass is 345 g/mol. The molecule has 128 valence electrons. The highest BCUT2D eigenvalue weighted by atomic mass is 32.1. The van der Waals surface area contributed by atoms with Crippen molar-refractivity contribution in [2.75, 3.05) is 5.32 Å². The van der Waals surface area contributed by atoms with E-state index in [1.165, 1.54) is 24.1 Å². The molecular formula is C17H23N5OS. The minimum absolute atomic E-state index is 0.0167. The molecule has 1 atom stereocenters. The van der Waals surface area contributed by atoms with Crippen molar-refractivity contribution >= 4 is 23.2 Å². The minimum Gasteiger partial charge on any atom is -0.328 e. The Kier molecular flexibility index (Phi) is 4.04. The summed E-state index contributed by atoms with van der Waals surface area (Å²) in [5, 5.41) is 11.6. The summed E-state index contributed by atoms with van der Waals surface area (Å²) in [6.07, 6.45) is 7.87. The number of carbonyl (C=O) groups excluding carboxylic acids is 1. The van der Waals surface area contributed by atoms with Crippen LogP contribution in [0.5, 0.6) is 0 Å². The molecule has 2 aromatic rings. The summed E-state index contributed by atoms with van der Waals surface area (Å²) in [6, 6.07) is 1.84. The maximum Gasteiger partial charge on any atom is 0.320 e. The molecule has 4 rings (SSSR count). The summed E-state index contributed by atoms with van der Waals surface area (Å²) in [6.45, 7) is 2.04. The maximum atomic E-state index is 12.5. The molecule has 0 radical (unpaired) electrons. The number of aromatic nitrogens is 3. The first kappa shape index (κ1) is 15.6. The molecule has 2 aliphatic carbocycles. The van der Waals surface area contributed by atoms with Crippen LogP contribution < -0.4 is 10.6 Å². The minimum atomic E-state index is -0.178. The van der Waals surface area contributed by atoms with Gasteiger partial charge in [0.1, 0.15) is 10.8 Å². The third kappa shape index (κ3) is 3.17. The van der Waals surface area contributed by atoms with Crippen LogP contribution in [0.4, 0.5) is 10.6 Å². The first-order chi connectivity index (χ1) is 11.6. The third-order valence-electron chi connectivity index (χ3n) is 4.95. The van der Waals surface area contributed by atoms with Crippen LogP contribution in [0.2, 0.25) is 0 Å². The maximum absolute atomic E-state index is 12.5. The largest absolute Gasteiger partial charge is 0.328 e. The van der Waals surface area contributed by atoms with Gasteiger partial charge in [-0.25, -0.2) is 9.78 Å². The molecule has 2 saturated carbocycles. The van der Waals surface area contributed by atoms with Crippen LogP contribution >= 0.6 is 11.3 Å². The summed E-state index contributed by atoms with van der Waals surface area (Å²) in [5.74, 6) is 1.82. The van der Waals surface area contributed by atoms with Gasteiger partial charge in [0.2, 0.25) is 0 Å². The normalized spacial score (nSPS) is 18.9. The van der Waals surface area contributed by atoms with Gasteiger partial charge in [-0.1, -0.05) is 6.42 Å². The smallest absolute Gasteiger partial charge is 0.320 e. The van der Waals surface area contributed by atoms with Crippen LogP contribution in [-0.4, -0.2) is 20.8 Å². The molecule has 2 heterocycles. The standard InChI is InChI=1S/C17H23N5OS/c1-10-9-18-16(24-10)15(12-6-7-12)20-17(23)19-14-8-13(21-22(14)2)11-4-3-5-11/h8-9,11-12,15H,3-7H2,1-2H3,(H2,19,20,23)/t15-/m0/s1. The highest BCUT2D eigenvalue weighted by Crippen LogP contribution is 2.42. The Labute approximate surface area is 145 Å². The first-order valence-corrected chi connectivity index (χ1v) is 9.45. The fraction of sp³-hybridized carbons (Fsp3) is 0.588. The zero-order chi connectivity index (χ0) is 16.7. The van der Waals surface area contributed by atoms with Gasteiger partial charge in [-0.05, 0) is 38.5 Å². The molecule has 2 aromatic heterocycles. The van der Waals surface area contributed by atoms with Crippen molar-refractivity contribution < 1.29 is 4.79 Å². The molecule has 0 aliphatic heterocycles. The second kappa shape index (κ2) is 6.20. The topological polar surface area (TPSA) is 71.8 Å². The van der Waals surface area contributed by atoms with Gasteiger partial charge in [-0.2, -0.15) is 5.10 Å². The summed E-state index contributed by atoms with van der Waals surface area (Å²) >= 11 is 1.66. The Morgan fingerprint density at radius 2 is 2.17 bits per heavy atom. The fourth-order valence-electron chi connectivity index (χ4n) is 3.13. The van der Waals surface area contributed by atoms with Crippen molar-refractivity contribution in [3.63, 3.8) is 0 Å². The van der Waals surface area contributed by atoms with E-state index in [1.807, 2.05) is 26.2 Å². The lowest BCUT2D eigenvalue weighted by atomic mass is 9.83. The molecule has 0 unspecified atom stereocenters. The van der Waals surface area contributed by atoms with Crippen molar-refractivity contribution in [3.8, 4) is 0 Å². The van der Waals surface area contributed by atoms with Crippen LogP contribution in [0.15, 0.2) is 12.3 Å². The Hall–Kier alpha value is -1.89. The van der Waals surface area contributed by atoms with Gasteiger partial charge < -0.3 is 5.32 Å². The van der Waals surface area contributed by atoms with Crippen LogP contribution in [0.25, 0.3) is 0 Å². The SMILES string of the molecule is Cc1cnc([C@@H](NC(=O)Nc2cc(C3CCC3)nn2C)C2CC2)s1. The lowest BCUT2D eigenvalue weighted by Gasteiger charge is -2.22. The van der Waals surface area contributed by atoms with Crippen LogP contribution in [-0.2, 0) is 7.05 Å². The van der Waals surface area contributed by atoms with Gasteiger partial charge in [0.05, 0.1) is 11.7 Å². The van der Waals surface area contributed by atoms with Crippen molar-refractivity contribution in [2.24, 2.45) is 13.0 Å². The van der Waals surface area contributed by atoms with E-state index in [9.17, 15) is 4.79 Å². The van der Waals surface area contributed by atoms with E-state index in [0.717, 1.165) is 29.4 Å². The number of aryl methyl sites for hydroxylation is 2. The number of anilines is 1. The summed E-state index contributed by atoms with van der Waals surface area (Å²) in [5.41, 5.74) is 1.09. The van der Waals surface area contributed by atoms with Crippen LogP contribution in [0.1, 0.15) is 59.6 Å². The molecular weight excluding hydrogens is 322 g/mol. The third-order valence-corrected chi connectivity index (χ3v) is 5.94. The molecule has 0 saturated heterocycles. The average Bonchev–Trinajstić information content (AvgIpc) is 3.14. The summed E-state index contributed by atoms with van der Waals surface area (Å²) in [4.78, 5) is 18.1. The van der Waals surface area contributed by atoms with Crippen LogP contribution in [0.3, 0.4) is 0 Å². The molecule has 2 aliphatic rings. The van der Waals surface area contributed by atoms with Gasteiger partial charge in [0.15, 0.2) is 0 Å². The van der Waals surface area contributed by atoms with E-state index in [2.05, 4.69) is 20.7 Å². The van der Waals surface area contributed by atoms with Crippen molar-refractivity contribution in [2.45, 2.75) is 51.0 Å².